The summed E-state index contributed by atoms with van der Waals surface area (Å²) in [7, 11) is 0. The number of nitrogens with one attached hydrogen (secondary N) is 1. The Bertz CT molecular complexity index is 1400. The van der Waals surface area contributed by atoms with Gasteiger partial charge in [0.25, 0.3) is 5.69 Å². The average Bonchev–Trinajstić information content (AvgIpc) is 3.27. The fourth-order valence-electron chi connectivity index (χ4n) is 3.68. The number of hydrogen-bond donors (Lipinski definition) is 1. The molecule has 36 heavy (non-hydrogen) atoms. The first-order valence-corrected chi connectivity index (χ1v) is 12.5. The van der Waals surface area contributed by atoms with Gasteiger partial charge in [0.2, 0.25) is 5.91 Å². The van der Waals surface area contributed by atoms with E-state index in [1.165, 1.54) is 30.0 Å². The molecule has 0 bridgehead atoms. The number of amides is 1. The topological polar surface area (TPSA) is 103 Å². The molecular formula is C26H24ClN5O3S. The highest BCUT2D eigenvalue weighted by atomic mass is 35.5. The van der Waals surface area contributed by atoms with Gasteiger partial charge in [-0.1, -0.05) is 61.5 Å². The fourth-order valence-corrected chi connectivity index (χ4v) is 4.67. The first kappa shape index (κ1) is 25.4. The number of para-hydroxylation sites is 1. The molecule has 8 nitrogen and oxygen atoms in total. The third-order valence-electron chi connectivity index (χ3n) is 5.51. The van der Waals surface area contributed by atoms with E-state index in [-0.39, 0.29) is 17.5 Å². The number of benzene rings is 3. The molecule has 1 heterocycles. The zero-order valence-electron chi connectivity index (χ0n) is 19.9. The van der Waals surface area contributed by atoms with Crippen molar-refractivity contribution in [2.75, 3.05) is 5.32 Å². The molecule has 1 N–H and O–H groups in total. The molecule has 0 fully saturated rings. The monoisotopic (exact) mass is 521 g/mol. The van der Waals surface area contributed by atoms with Crippen LogP contribution in [0.3, 0.4) is 0 Å². The maximum Gasteiger partial charge on any atom is 0.271 e. The van der Waals surface area contributed by atoms with E-state index in [1.807, 2.05) is 34.9 Å². The summed E-state index contributed by atoms with van der Waals surface area (Å²) >= 11 is 7.36. The highest BCUT2D eigenvalue weighted by Crippen LogP contribution is 2.34. The Hall–Kier alpha value is -3.69. The van der Waals surface area contributed by atoms with Crippen molar-refractivity contribution >= 4 is 40.6 Å². The van der Waals surface area contributed by atoms with E-state index >= 15 is 0 Å². The molecule has 0 saturated heterocycles. The van der Waals surface area contributed by atoms with Crippen molar-refractivity contribution in [3.63, 3.8) is 0 Å². The van der Waals surface area contributed by atoms with E-state index in [9.17, 15) is 14.9 Å². The number of anilines is 1. The minimum Gasteiger partial charge on any atom is -0.325 e. The molecule has 1 unspecified atom stereocenters. The Morgan fingerprint density at radius 2 is 1.75 bits per heavy atom. The van der Waals surface area contributed by atoms with Gasteiger partial charge >= 0.3 is 0 Å². The van der Waals surface area contributed by atoms with Gasteiger partial charge < -0.3 is 5.32 Å². The van der Waals surface area contributed by atoms with Crippen molar-refractivity contribution in [3.05, 3.63) is 93.5 Å². The number of nitrogens with zero attached hydrogens (tertiary/aromatic N) is 4. The summed E-state index contributed by atoms with van der Waals surface area (Å²) in [5, 5.41) is 23.3. The van der Waals surface area contributed by atoms with E-state index in [2.05, 4.69) is 35.4 Å². The van der Waals surface area contributed by atoms with Crippen molar-refractivity contribution in [2.45, 2.75) is 37.1 Å². The second kappa shape index (κ2) is 10.9. The molecule has 10 heteroatoms. The summed E-state index contributed by atoms with van der Waals surface area (Å²) in [6.45, 7) is 5.99. The largest absolute Gasteiger partial charge is 0.325 e. The van der Waals surface area contributed by atoms with Crippen LogP contribution in [0.2, 0.25) is 5.02 Å². The Kier molecular flexibility index (Phi) is 7.71. The molecule has 0 aliphatic heterocycles. The summed E-state index contributed by atoms with van der Waals surface area (Å²) in [5.74, 6) is 0.572. The summed E-state index contributed by atoms with van der Waals surface area (Å²) in [6.07, 6.45) is 0. The highest BCUT2D eigenvalue weighted by Gasteiger charge is 2.24. The number of carbonyl (C=O) groups excluding carboxylic acids is 1. The number of halogens is 1. The number of hydrogen-bond acceptors (Lipinski definition) is 6. The van der Waals surface area contributed by atoms with Crippen molar-refractivity contribution in [1.82, 2.24) is 14.8 Å². The molecule has 4 aromatic rings. The van der Waals surface area contributed by atoms with Gasteiger partial charge in [0.15, 0.2) is 11.0 Å². The number of carbonyl (C=O) groups is 1. The minimum atomic E-state index is -0.559. The van der Waals surface area contributed by atoms with Gasteiger partial charge in [-0.25, -0.2) is 0 Å². The van der Waals surface area contributed by atoms with Gasteiger partial charge in [-0.2, -0.15) is 0 Å². The van der Waals surface area contributed by atoms with Gasteiger partial charge in [-0.3, -0.25) is 19.5 Å². The lowest BCUT2D eigenvalue weighted by molar-refractivity contribution is -0.384. The lowest BCUT2D eigenvalue weighted by Crippen LogP contribution is -2.23. The van der Waals surface area contributed by atoms with Gasteiger partial charge in [0, 0.05) is 28.4 Å². The van der Waals surface area contributed by atoms with E-state index < -0.39 is 10.2 Å². The van der Waals surface area contributed by atoms with E-state index in [1.54, 1.807) is 25.1 Å². The van der Waals surface area contributed by atoms with E-state index in [0.717, 1.165) is 16.8 Å². The molecule has 0 aliphatic rings. The molecule has 1 atom stereocenters. The highest BCUT2D eigenvalue weighted by molar-refractivity contribution is 8.00. The maximum atomic E-state index is 13.0. The maximum absolute atomic E-state index is 13.0. The van der Waals surface area contributed by atoms with Crippen LogP contribution in [-0.2, 0) is 4.79 Å². The molecule has 4 rings (SSSR count). The predicted molar refractivity (Wildman–Crippen MR) is 143 cm³/mol. The van der Waals surface area contributed by atoms with Crippen molar-refractivity contribution < 1.29 is 9.72 Å². The van der Waals surface area contributed by atoms with Gasteiger partial charge in [-0.05, 0) is 54.8 Å². The number of nitro groups is 1. The molecule has 0 saturated carbocycles. The third-order valence-corrected chi connectivity index (χ3v) is 6.81. The smallest absolute Gasteiger partial charge is 0.271 e. The van der Waals surface area contributed by atoms with Crippen molar-refractivity contribution in [1.29, 1.82) is 0 Å². The van der Waals surface area contributed by atoms with Crippen molar-refractivity contribution in [3.8, 4) is 17.1 Å². The summed E-state index contributed by atoms with van der Waals surface area (Å²) in [6, 6.07) is 21.2. The van der Waals surface area contributed by atoms with Crippen LogP contribution in [0, 0.1) is 10.1 Å². The fraction of sp³-hybridized carbons (Fsp3) is 0.192. The van der Waals surface area contributed by atoms with Crippen LogP contribution in [0.1, 0.15) is 32.3 Å². The van der Waals surface area contributed by atoms with E-state index in [0.29, 0.717) is 21.7 Å². The SMILES string of the molecule is CC(Sc1nnc(-c2ccc(Cl)cc2)n1-c1ccccc1C(C)C)C(=O)Nc1cccc([N+](=O)[O-])c1. The van der Waals surface area contributed by atoms with Crippen LogP contribution in [0.25, 0.3) is 17.1 Å². The summed E-state index contributed by atoms with van der Waals surface area (Å²) in [4.78, 5) is 23.5. The number of aromatic nitrogens is 3. The van der Waals surface area contributed by atoms with E-state index in [4.69, 9.17) is 11.6 Å². The van der Waals surface area contributed by atoms with Crippen LogP contribution in [0.15, 0.2) is 78.0 Å². The zero-order chi connectivity index (χ0) is 25.8. The number of nitro benzene ring substituents is 1. The van der Waals surface area contributed by atoms with Crippen LogP contribution in [0.4, 0.5) is 11.4 Å². The second-order valence-corrected chi connectivity index (χ2v) is 10.2. The minimum absolute atomic E-state index is 0.0919. The standard InChI is InChI=1S/C26H24ClN5O3S/c1-16(2)22-9-4-5-10-23(22)31-24(18-11-13-19(27)14-12-18)29-30-26(31)36-17(3)25(33)28-20-7-6-8-21(15-20)32(34)35/h4-17H,1-3H3,(H,28,33). The van der Waals surface area contributed by atoms with Crippen molar-refractivity contribution in [2.24, 2.45) is 0 Å². The number of non-ortho nitro benzene ring substituents is 1. The summed E-state index contributed by atoms with van der Waals surface area (Å²) in [5.41, 5.74) is 3.14. The quantitative estimate of drug-likeness (QED) is 0.156. The van der Waals surface area contributed by atoms with Gasteiger partial charge in [0.1, 0.15) is 0 Å². The molecule has 1 amide bonds. The van der Waals surface area contributed by atoms with Crippen LogP contribution in [-0.4, -0.2) is 30.8 Å². The first-order chi connectivity index (χ1) is 17.2. The summed E-state index contributed by atoms with van der Waals surface area (Å²) < 4.78 is 1.96. The molecule has 0 aliphatic carbocycles. The lowest BCUT2D eigenvalue weighted by Gasteiger charge is -2.18. The Labute approximate surface area is 217 Å². The predicted octanol–water partition coefficient (Wildman–Crippen LogP) is 6.74. The molecule has 3 aromatic carbocycles. The Morgan fingerprint density at radius 3 is 2.44 bits per heavy atom. The second-order valence-electron chi connectivity index (χ2n) is 8.42. The number of rotatable bonds is 8. The Morgan fingerprint density at radius 1 is 1.03 bits per heavy atom. The van der Waals surface area contributed by atoms with Gasteiger partial charge in [0.05, 0.1) is 15.9 Å². The third kappa shape index (κ3) is 5.58. The zero-order valence-corrected chi connectivity index (χ0v) is 21.5. The Balaban J connectivity index is 1.69. The average molecular weight is 522 g/mol. The van der Waals surface area contributed by atoms with Crippen LogP contribution < -0.4 is 5.32 Å². The normalized spacial score (nSPS) is 11.9. The first-order valence-electron chi connectivity index (χ1n) is 11.3. The molecular weight excluding hydrogens is 498 g/mol. The van der Waals surface area contributed by atoms with Crippen LogP contribution >= 0.6 is 23.4 Å². The van der Waals surface area contributed by atoms with Crippen LogP contribution in [0.5, 0.6) is 0 Å². The molecule has 184 valence electrons. The lowest BCUT2D eigenvalue weighted by atomic mass is 10.0. The molecule has 0 spiro atoms. The molecule has 0 radical (unpaired) electrons. The molecule has 1 aromatic heterocycles. The number of thioether (sulfide) groups is 1. The van der Waals surface area contributed by atoms with Gasteiger partial charge in [-0.15, -0.1) is 10.2 Å².